The van der Waals surface area contributed by atoms with Crippen molar-refractivity contribution in [2.24, 2.45) is 17.3 Å². The SMILES string of the molecule is CCN(CC)C(=O)C1(Cc2cccc(-c3cccnc3)c2)CCN(C(=O)C2CC2C)C1. The monoisotopic (exact) mass is 419 g/mol. The van der Waals surface area contributed by atoms with Crippen LogP contribution in [0.15, 0.2) is 48.8 Å². The van der Waals surface area contributed by atoms with Gasteiger partial charge in [0.2, 0.25) is 11.8 Å². The lowest BCUT2D eigenvalue weighted by atomic mass is 9.79. The molecular weight excluding hydrogens is 386 g/mol. The summed E-state index contributed by atoms with van der Waals surface area (Å²) in [6.45, 7) is 8.79. The molecule has 1 aliphatic carbocycles. The highest BCUT2D eigenvalue weighted by atomic mass is 16.2. The molecule has 1 saturated carbocycles. The van der Waals surface area contributed by atoms with E-state index in [0.29, 0.717) is 38.5 Å². The molecule has 1 aromatic carbocycles. The lowest BCUT2D eigenvalue weighted by molar-refractivity contribution is -0.142. The Morgan fingerprint density at radius 2 is 1.90 bits per heavy atom. The van der Waals surface area contributed by atoms with Crippen LogP contribution < -0.4 is 0 Å². The minimum absolute atomic E-state index is 0.160. The van der Waals surface area contributed by atoms with Crippen LogP contribution in [-0.2, 0) is 16.0 Å². The molecular formula is C26H33N3O2. The smallest absolute Gasteiger partial charge is 0.230 e. The molecule has 4 rings (SSSR count). The second-order valence-corrected chi connectivity index (χ2v) is 9.21. The van der Waals surface area contributed by atoms with Crippen molar-refractivity contribution < 1.29 is 9.59 Å². The molecule has 1 aromatic heterocycles. The van der Waals surface area contributed by atoms with E-state index in [2.05, 4.69) is 42.2 Å². The normalized spacial score (nSPS) is 24.8. The van der Waals surface area contributed by atoms with Gasteiger partial charge in [-0.3, -0.25) is 14.6 Å². The fourth-order valence-electron chi connectivity index (χ4n) is 4.99. The molecule has 0 bridgehead atoms. The summed E-state index contributed by atoms with van der Waals surface area (Å²) < 4.78 is 0. The maximum Gasteiger partial charge on any atom is 0.230 e. The Morgan fingerprint density at radius 1 is 1.16 bits per heavy atom. The number of benzene rings is 1. The minimum Gasteiger partial charge on any atom is -0.343 e. The van der Waals surface area contributed by atoms with Crippen LogP contribution in [-0.4, -0.2) is 52.8 Å². The standard InChI is InChI=1S/C26H33N3O2/c1-4-28(5-2)25(31)26(11-13-29(18-26)24(30)23-14-19(23)3)16-20-8-6-9-21(15-20)22-10-7-12-27-17-22/h6-10,12,15,17,19,23H,4-5,11,13-14,16,18H2,1-3H3. The zero-order chi connectivity index (χ0) is 22.0. The van der Waals surface area contributed by atoms with E-state index in [1.165, 1.54) is 0 Å². The van der Waals surface area contributed by atoms with Gasteiger partial charge in [0.05, 0.1) is 5.41 Å². The van der Waals surface area contributed by atoms with Crippen LogP contribution in [0.5, 0.6) is 0 Å². The van der Waals surface area contributed by atoms with Crippen LogP contribution in [0.2, 0.25) is 0 Å². The van der Waals surface area contributed by atoms with Gasteiger partial charge < -0.3 is 9.80 Å². The summed E-state index contributed by atoms with van der Waals surface area (Å²) in [6, 6.07) is 12.4. The Hall–Kier alpha value is -2.69. The van der Waals surface area contributed by atoms with Crippen LogP contribution in [0.3, 0.4) is 0 Å². The molecule has 3 atom stereocenters. The first-order valence-electron chi connectivity index (χ1n) is 11.5. The van der Waals surface area contributed by atoms with Crippen LogP contribution in [0, 0.1) is 17.3 Å². The number of likely N-dealkylation sites (tertiary alicyclic amines) is 1. The van der Waals surface area contributed by atoms with E-state index in [1.807, 2.05) is 35.9 Å². The number of hydrogen-bond donors (Lipinski definition) is 0. The second kappa shape index (κ2) is 8.81. The van der Waals surface area contributed by atoms with Crippen LogP contribution in [0.25, 0.3) is 11.1 Å². The molecule has 164 valence electrons. The fraction of sp³-hybridized carbons (Fsp3) is 0.500. The van der Waals surface area contributed by atoms with Gasteiger partial charge in [0.1, 0.15) is 0 Å². The van der Waals surface area contributed by atoms with Crippen LogP contribution in [0.4, 0.5) is 0 Å². The summed E-state index contributed by atoms with van der Waals surface area (Å²) in [5.74, 6) is 1.07. The first-order valence-corrected chi connectivity index (χ1v) is 11.5. The van der Waals surface area contributed by atoms with Gasteiger partial charge in [-0.25, -0.2) is 0 Å². The van der Waals surface area contributed by atoms with Crippen molar-refractivity contribution in [1.82, 2.24) is 14.8 Å². The largest absolute Gasteiger partial charge is 0.343 e. The summed E-state index contributed by atoms with van der Waals surface area (Å²) in [6.07, 6.45) is 6.00. The summed E-state index contributed by atoms with van der Waals surface area (Å²) in [4.78, 5) is 34.7. The molecule has 2 aromatic rings. The Balaban J connectivity index is 1.61. The number of carbonyl (C=O) groups is 2. The molecule has 2 heterocycles. The van der Waals surface area contributed by atoms with Crippen molar-refractivity contribution >= 4 is 11.8 Å². The second-order valence-electron chi connectivity index (χ2n) is 9.21. The molecule has 2 amide bonds. The van der Waals surface area contributed by atoms with E-state index < -0.39 is 5.41 Å². The first-order chi connectivity index (χ1) is 15.0. The minimum atomic E-state index is -0.548. The molecule has 5 nitrogen and oxygen atoms in total. The maximum absolute atomic E-state index is 13.7. The van der Waals surface area contributed by atoms with E-state index >= 15 is 0 Å². The van der Waals surface area contributed by atoms with Crippen molar-refractivity contribution in [2.45, 2.75) is 40.0 Å². The molecule has 1 saturated heterocycles. The summed E-state index contributed by atoms with van der Waals surface area (Å²) in [5, 5.41) is 0. The molecule has 2 fully saturated rings. The quantitative estimate of drug-likeness (QED) is 0.681. The van der Waals surface area contributed by atoms with Gasteiger partial charge in [-0.2, -0.15) is 0 Å². The van der Waals surface area contributed by atoms with E-state index in [1.54, 1.807) is 6.20 Å². The van der Waals surface area contributed by atoms with Crippen molar-refractivity contribution in [3.63, 3.8) is 0 Å². The van der Waals surface area contributed by atoms with Crippen molar-refractivity contribution in [1.29, 1.82) is 0 Å². The lowest BCUT2D eigenvalue weighted by Gasteiger charge is -2.34. The van der Waals surface area contributed by atoms with Gasteiger partial charge in [-0.1, -0.05) is 37.3 Å². The fourth-order valence-corrected chi connectivity index (χ4v) is 4.99. The molecule has 31 heavy (non-hydrogen) atoms. The number of amides is 2. The molecule has 5 heteroatoms. The average Bonchev–Trinajstić information content (AvgIpc) is 3.38. The van der Waals surface area contributed by atoms with Crippen molar-refractivity contribution in [3.05, 3.63) is 54.4 Å². The number of carbonyl (C=O) groups excluding carboxylic acids is 2. The van der Waals surface area contributed by atoms with Gasteiger partial charge in [0.25, 0.3) is 0 Å². The Morgan fingerprint density at radius 3 is 2.55 bits per heavy atom. The van der Waals surface area contributed by atoms with E-state index in [0.717, 1.165) is 29.5 Å². The van der Waals surface area contributed by atoms with E-state index in [9.17, 15) is 9.59 Å². The van der Waals surface area contributed by atoms with Gasteiger partial charge in [-0.15, -0.1) is 0 Å². The predicted molar refractivity (Wildman–Crippen MR) is 122 cm³/mol. The lowest BCUT2D eigenvalue weighted by Crippen LogP contribution is -2.47. The highest BCUT2D eigenvalue weighted by molar-refractivity contribution is 5.87. The maximum atomic E-state index is 13.7. The molecule has 0 spiro atoms. The predicted octanol–water partition coefficient (Wildman–Crippen LogP) is 4.03. The van der Waals surface area contributed by atoms with Crippen molar-refractivity contribution in [3.8, 4) is 11.1 Å². The number of hydrogen-bond acceptors (Lipinski definition) is 3. The third-order valence-electron chi connectivity index (χ3n) is 7.06. The Bertz CT molecular complexity index is 941. The third kappa shape index (κ3) is 4.36. The van der Waals surface area contributed by atoms with E-state index in [4.69, 9.17) is 0 Å². The van der Waals surface area contributed by atoms with Gasteiger partial charge >= 0.3 is 0 Å². The topological polar surface area (TPSA) is 53.5 Å². The Kier molecular flexibility index (Phi) is 6.12. The number of rotatable bonds is 7. The summed E-state index contributed by atoms with van der Waals surface area (Å²) in [7, 11) is 0. The first kappa shape index (κ1) is 21.5. The number of aromatic nitrogens is 1. The zero-order valence-electron chi connectivity index (χ0n) is 18.9. The van der Waals surface area contributed by atoms with Crippen LogP contribution >= 0.6 is 0 Å². The molecule has 0 N–H and O–H groups in total. The number of pyridine rings is 1. The zero-order valence-corrected chi connectivity index (χ0v) is 18.9. The average molecular weight is 420 g/mol. The van der Waals surface area contributed by atoms with Crippen molar-refractivity contribution in [2.75, 3.05) is 26.2 Å². The van der Waals surface area contributed by atoms with E-state index in [-0.39, 0.29) is 17.7 Å². The highest BCUT2D eigenvalue weighted by Crippen LogP contribution is 2.43. The molecule has 1 aliphatic heterocycles. The molecule has 0 radical (unpaired) electrons. The third-order valence-corrected chi connectivity index (χ3v) is 7.06. The van der Waals surface area contributed by atoms with Gasteiger partial charge in [0, 0.05) is 44.5 Å². The van der Waals surface area contributed by atoms with Crippen LogP contribution in [0.1, 0.15) is 39.2 Å². The number of nitrogens with zero attached hydrogens (tertiary/aromatic N) is 3. The van der Waals surface area contributed by atoms with Gasteiger partial charge in [0.15, 0.2) is 0 Å². The van der Waals surface area contributed by atoms with Gasteiger partial charge in [-0.05, 0) is 61.8 Å². The highest BCUT2D eigenvalue weighted by Gasteiger charge is 2.50. The summed E-state index contributed by atoms with van der Waals surface area (Å²) in [5.41, 5.74) is 2.76. The Labute approximate surface area is 185 Å². The molecule has 3 unspecified atom stereocenters. The summed E-state index contributed by atoms with van der Waals surface area (Å²) >= 11 is 0. The molecule has 2 aliphatic rings.